The van der Waals surface area contributed by atoms with E-state index in [1.54, 1.807) is 11.0 Å². The summed E-state index contributed by atoms with van der Waals surface area (Å²) in [7, 11) is 0. The predicted octanol–water partition coefficient (Wildman–Crippen LogP) is 8.02. The number of aromatic nitrogens is 1. The number of carbonyl (C=O) groups is 1. The Morgan fingerprint density at radius 2 is 1.48 bits per heavy atom. The Balaban J connectivity index is 1.26. The predicted molar refractivity (Wildman–Crippen MR) is 174 cm³/mol. The molecule has 0 radical (unpaired) electrons. The van der Waals surface area contributed by atoms with Gasteiger partial charge in [0.1, 0.15) is 42.7 Å². The van der Waals surface area contributed by atoms with E-state index in [4.69, 9.17) is 23.9 Å². The van der Waals surface area contributed by atoms with Gasteiger partial charge in [-0.1, -0.05) is 60.7 Å². The van der Waals surface area contributed by atoms with Crippen LogP contribution < -0.4 is 19.1 Å². The van der Waals surface area contributed by atoms with Crippen LogP contribution >= 0.6 is 0 Å². The monoisotopic (exact) mass is 625 g/mol. The maximum Gasteiger partial charge on any atom is 0.410 e. The minimum absolute atomic E-state index is 0.103. The standard InChI is InChI=1S/C37H40FN3O5/c1-37(2,3)46-36(42)40-20-18-28(19-21-40)33-29(38)14-15-30-34(33)43-23-22-41(30)31-16-17-32(44-24-26-10-6-4-7-11-26)39-35(31)45-25-27-12-8-5-9-13-27/h4-17,28H,18-25H2,1-3H3. The molecule has 9 heteroatoms. The first kappa shape index (κ1) is 31.2. The fourth-order valence-electron chi connectivity index (χ4n) is 5.86. The Morgan fingerprint density at radius 3 is 2.13 bits per heavy atom. The number of carbonyl (C=O) groups excluding carboxylic acids is 1. The van der Waals surface area contributed by atoms with Crippen molar-refractivity contribution < 1.29 is 28.1 Å². The van der Waals surface area contributed by atoms with E-state index in [9.17, 15) is 4.79 Å². The number of piperidine rings is 1. The van der Waals surface area contributed by atoms with Crippen LogP contribution in [-0.2, 0) is 18.0 Å². The topological polar surface area (TPSA) is 73.4 Å². The molecule has 0 unspecified atom stereocenters. The van der Waals surface area contributed by atoms with E-state index in [0.29, 0.717) is 75.4 Å². The highest BCUT2D eigenvalue weighted by atomic mass is 19.1. The molecule has 0 N–H and O–H groups in total. The first-order valence-corrected chi connectivity index (χ1v) is 15.8. The van der Waals surface area contributed by atoms with E-state index in [0.717, 1.165) is 22.5 Å². The summed E-state index contributed by atoms with van der Waals surface area (Å²) < 4.78 is 39.7. The number of halogens is 1. The van der Waals surface area contributed by atoms with Crippen molar-refractivity contribution in [2.45, 2.75) is 58.3 Å². The molecule has 0 aliphatic carbocycles. The van der Waals surface area contributed by atoms with Crippen molar-refractivity contribution in [3.05, 3.63) is 107 Å². The van der Waals surface area contributed by atoms with E-state index in [2.05, 4.69) is 4.90 Å². The number of hydrogen-bond acceptors (Lipinski definition) is 7. The average molecular weight is 626 g/mol. The highest BCUT2D eigenvalue weighted by molar-refractivity contribution is 5.75. The number of pyridine rings is 1. The number of fused-ring (bicyclic) bond motifs is 1. The van der Waals surface area contributed by atoms with Crippen LogP contribution in [-0.4, -0.2) is 47.8 Å². The number of amides is 1. The van der Waals surface area contributed by atoms with Gasteiger partial charge in [0.25, 0.3) is 0 Å². The molecule has 0 bridgehead atoms. The minimum Gasteiger partial charge on any atom is -0.489 e. The van der Waals surface area contributed by atoms with Gasteiger partial charge in [-0.05, 0) is 68.9 Å². The Bertz CT molecular complexity index is 1640. The quantitative estimate of drug-likeness (QED) is 0.196. The summed E-state index contributed by atoms with van der Waals surface area (Å²) in [5.74, 6) is 0.980. The molecule has 3 aromatic carbocycles. The van der Waals surface area contributed by atoms with Crippen molar-refractivity contribution in [2.75, 3.05) is 31.1 Å². The van der Waals surface area contributed by atoms with Crippen LogP contribution in [0.2, 0.25) is 0 Å². The Morgan fingerprint density at radius 1 is 0.848 bits per heavy atom. The van der Waals surface area contributed by atoms with Gasteiger partial charge in [-0.2, -0.15) is 4.98 Å². The molecular formula is C37H40FN3O5. The minimum atomic E-state index is -0.569. The summed E-state index contributed by atoms with van der Waals surface area (Å²) in [6.45, 7) is 8.12. The van der Waals surface area contributed by atoms with Crippen LogP contribution in [0, 0.1) is 5.82 Å². The lowest BCUT2D eigenvalue weighted by Gasteiger charge is -2.37. The molecule has 1 amide bonds. The van der Waals surface area contributed by atoms with Crippen LogP contribution in [0.1, 0.15) is 56.2 Å². The molecule has 240 valence electrons. The summed E-state index contributed by atoms with van der Waals surface area (Å²) in [4.78, 5) is 21.2. The van der Waals surface area contributed by atoms with Gasteiger partial charge in [-0.15, -0.1) is 0 Å². The summed E-state index contributed by atoms with van der Waals surface area (Å²) in [6.07, 6.45) is 0.878. The summed E-state index contributed by atoms with van der Waals surface area (Å²) in [6, 6.07) is 26.9. The molecular weight excluding hydrogens is 585 g/mol. The van der Waals surface area contributed by atoms with Crippen molar-refractivity contribution in [1.82, 2.24) is 9.88 Å². The van der Waals surface area contributed by atoms with Gasteiger partial charge < -0.3 is 28.7 Å². The van der Waals surface area contributed by atoms with Gasteiger partial charge in [-0.25, -0.2) is 9.18 Å². The SMILES string of the molecule is CC(C)(C)OC(=O)N1CCC(c2c(F)ccc3c2OCCN3c2ccc(OCc3ccccc3)nc2OCc2ccccc2)CC1. The van der Waals surface area contributed by atoms with Gasteiger partial charge in [0, 0.05) is 24.7 Å². The fraction of sp³-hybridized carbons (Fsp3) is 0.351. The van der Waals surface area contributed by atoms with Crippen molar-refractivity contribution in [2.24, 2.45) is 0 Å². The molecule has 2 aliphatic rings. The van der Waals surface area contributed by atoms with Crippen LogP contribution in [0.5, 0.6) is 17.5 Å². The van der Waals surface area contributed by atoms with E-state index >= 15 is 4.39 Å². The lowest BCUT2D eigenvalue weighted by Crippen LogP contribution is -2.41. The number of hydrogen-bond donors (Lipinski definition) is 0. The van der Waals surface area contributed by atoms with Gasteiger partial charge in [0.15, 0.2) is 0 Å². The van der Waals surface area contributed by atoms with Crippen molar-refractivity contribution in [3.63, 3.8) is 0 Å². The average Bonchev–Trinajstić information content (AvgIpc) is 3.06. The highest BCUT2D eigenvalue weighted by Gasteiger charge is 2.34. The second kappa shape index (κ2) is 13.7. The molecule has 4 aromatic rings. The third-order valence-electron chi connectivity index (χ3n) is 8.08. The molecule has 2 aliphatic heterocycles. The first-order valence-electron chi connectivity index (χ1n) is 15.8. The van der Waals surface area contributed by atoms with Crippen LogP contribution in [0.15, 0.2) is 84.9 Å². The highest BCUT2D eigenvalue weighted by Crippen LogP contribution is 2.47. The summed E-state index contributed by atoms with van der Waals surface area (Å²) in [5.41, 5.74) is 3.52. The van der Waals surface area contributed by atoms with E-state index in [1.165, 1.54) is 6.07 Å². The van der Waals surface area contributed by atoms with Gasteiger partial charge in [0.05, 0.1) is 12.2 Å². The summed E-state index contributed by atoms with van der Waals surface area (Å²) >= 11 is 0. The maximum absolute atomic E-state index is 15.6. The molecule has 1 aromatic heterocycles. The second-order valence-electron chi connectivity index (χ2n) is 12.6. The fourth-order valence-corrected chi connectivity index (χ4v) is 5.86. The molecule has 0 saturated carbocycles. The molecule has 46 heavy (non-hydrogen) atoms. The van der Waals surface area contributed by atoms with Gasteiger partial charge in [0.2, 0.25) is 11.8 Å². The molecule has 0 atom stereocenters. The Kier molecular flexibility index (Phi) is 9.28. The molecule has 3 heterocycles. The second-order valence-corrected chi connectivity index (χ2v) is 12.6. The molecule has 1 saturated heterocycles. The number of benzene rings is 3. The molecule has 1 fully saturated rings. The number of ether oxygens (including phenoxy) is 4. The van der Waals surface area contributed by atoms with E-state index in [-0.39, 0.29) is 17.8 Å². The number of likely N-dealkylation sites (tertiary alicyclic amines) is 1. The van der Waals surface area contributed by atoms with Crippen LogP contribution in [0.4, 0.5) is 20.6 Å². The summed E-state index contributed by atoms with van der Waals surface area (Å²) in [5, 5.41) is 0. The Hall–Kier alpha value is -4.79. The first-order chi connectivity index (χ1) is 22.2. The maximum atomic E-state index is 15.6. The van der Waals surface area contributed by atoms with Crippen molar-refractivity contribution in [1.29, 1.82) is 0 Å². The molecule has 0 spiro atoms. The van der Waals surface area contributed by atoms with E-state index < -0.39 is 5.60 Å². The molecule has 6 rings (SSSR count). The van der Waals surface area contributed by atoms with Crippen LogP contribution in [0.25, 0.3) is 0 Å². The van der Waals surface area contributed by atoms with Gasteiger partial charge >= 0.3 is 6.09 Å². The third kappa shape index (κ3) is 7.36. The smallest absolute Gasteiger partial charge is 0.410 e. The van der Waals surface area contributed by atoms with Gasteiger partial charge in [-0.3, -0.25) is 0 Å². The third-order valence-corrected chi connectivity index (χ3v) is 8.08. The van der Waals surface area contributed by atoms with Crippen molar-refractivity contribution in [3.8, 4) is 17.5 Å². The van der Waals surface area contributed by atoms with E-state index in [1.807, 2.05) is 93.6 Å². The zero-order chi connectivity index (χ0) is 32.1. The zero-order valence-electron chi connectivity index (χ0n) is 26.6. The van der Waals surface area contributed by atoms with Crippen LogP contribution in [0.3, 0.4) is 0 Å². The normalized spacial score (nSPS) is 15.1. The Labute approximate surface area is 269 Å². The van der Waals surface area contributed by atoms with Crippen molar-refractivity contribution >= 4 is 17.5 Å². The zero-order valence-corrected chi connectivity index (χ0v) is 26.6. The lowest BCUT2D eigenvalue weighted by molar-refractivity contribution is 0.0204. The molecule has 8 nitrogen and oxygen atoms in total. The number of rotatable bonds is 8. The largest absolute Gasteiger partial charge is 0.489 e. The lowest BCUT2D eigenvalue weighted by atomic mass is 9.87. The number of nitrogens with zero attached hydrogens (tertiary/aromatic N) is 3. The number of anilines is 2.